The largest absolute Gasteiger partial charge is 0.452 e. The van der Waals surface area contributed by atoms with E-state index in [1.54, 1.807) is 19.1 Å². The summed E-state index contributed by atoms with van der Waals surface area (Å²) in [5.41, 5.74) is 2.80. The van der Waals surface area contributed by atoms with Crippen LogP contribution in [0.5, 0.6) is 0 Å². The zero-order valence-corrected chi connectivity index (χ0v) is 20.1. The minimum atomic E-state index is -0.764. The van der Waals surface area contributed by atoms with Crippen LogP contribution < -0.4 is 5.32 Å². The summed E-state index contributed by atoms with van der Waals surface area (Å²) in [6, 6.07) is 18.3. The number of halogens is 1. The quantitative estimate of drug-likeness (QED) is 0.368. The molecule has 0 saturated carbocycles. The monoisotopic (exact) mass is 520 g/mol. The van der Waals surface area contributed by atoms with E-state index in [2.05, 4.69) is 21.2 Å². The number of carbonyl (C=O) groups excluding carboxylic acids is 4. The Hall–Kier alpha value is -3.78. The van der Waals surface area contributed by atoms with Gasteiger partial charge in [0.05, 0.1) is 22.7 Å². The fraction of sp³-hybridized carbons (Fsp3) is 0.154. The second-order valence-electron chi connectivity index (χ2n) is 7.92. The van der Waals surface area contributed by atoms with Crippen molar-refractivity contribution in [2.75, 3.05) is 11.9 Å². The zero-order valence-electron chi connectivity index (χ0n) is 18.5. The van der Waals surface area contributed by atoms with Gasteiger partial charge in [0, 0.05) is 10.2 Å². The number of anilines is 1. The molecular formula is C26H21BrN2O5. The van der Waals surface area contributed by atoms with Gasteiger partial charge in [0.2, 0.25) is 0 Å². The number of carbonyl (C=O) groups is 4. The van der Waals surface area contributed by atoms with E-state index >= 15 is 0 Å². The highest BCUT2D eigenvalue weighted by Gasteiger charge is 2.39. The average molecular weight is 521 g/mol. The number of aryl methyl sites for hydroxylation is 1. The molecule has 0 fully saturated rings. The Morgan fingerprint density at radius 1 is 0.971 bits per heavy atom. The Morgan fingerprint density at radius 2 is 1.68 bits per heavy atom. The van der Waals surface area contributed by atoms with Crippen molar-refractivity contribution in [3.8, 4) is 0 Å². The van der Waals surface area contributed by atoms with Crippen molar-refractivity contribution in [2.24, 2.45) is 0 Å². The van der Waals surface area contributed by atoms with E-state index in [0.717, 1.165) is 15.6 Å². The first-order valence-corrected chi connectivity index (χ1v) is 11.4. The van der Waals surface area contributed by atoms with Gasteiger partial charge in [0.1, 0.15) is 0 Å². The van der Waals surface area contributed by atoms with E-state index in [4.69, 9.17) is 4.74 Å². The van der Waals surface area contributed by atoms with E-state index in [-0.39, 0.29) is 16.7 Å². The Bertz CT molecular complexity index is 1310. The molecule has 1 aliphatic rings. The van der Waals surface area contributed by atoms with Crippen LogP contribution in [-0.2, 0) is 9.53 Å². The fourth-order valence-electron chi connectivity index (χ4n) is 3.75. The maximum Gasteiger partial charge on any atom is 0.338 e. The topological polar surface area (TPSA) is 92.8 Å². The molecule has 4 rings (SSSR count). The summed E-state index contributed by atoms with van der Waals surface area (Å²) < 4.78 is 6.03. The molecule has 0 aromatic heterocycles. The van der Waals surface area contributed by atoms with E-state index in [9.17, 15) is 19.2 Å². The number of nitrogens with zero attached hydrogens (tertiary/aromatic N) is 1. The number of hydrogen-bond acceptors (Lipinski definition) is 5. The fourth-order valence-corrected chi connectivity index (χ4v) is 4.00. The zero-order chi connectivity index (χ0) is 24.4. The molecular weight excluding hydrogens is 500 g/mol. The third-order valence-electron chi connectivity index (χ3n) is 5.60. The Balaban J connectivity index is 1.43. The van der Waals surface area contributed by atoms with E-state index in [0.29, 0.717) is 5.69 Å². The molecule has 8 heteroatoms. The predicted octanol–water partition coefficient (Wildman–Crippen LogP) is 4.91. The molecule has 0 spiro atoms. The number of fused-ring (bicyclic) bond motifs is 1. The van der Waals surface area contributed by atoms with Crippen molar-refractivity contribution in [3.05, 3.63) is 99.0 Å². The highest BCUT2D eigenvalue weighted by atomic mass is 79.9. The van der Waals surface area contributed by atoms with Crippen molar-refractivity contribution < 1.29 is 23.9 Å². The summed E-state index contributed by atoms with van der Waals surface area (Å²) in [7, 11) is 0. The summed E-state index contributed by atoms with van der Waals surface area (Å²) in [6.07, 6.45) is 0. The van der Waals surface area contributed by atoms with Gasteiger partial charge < -0.3 is 10.1 Å². The van der Waals surface area contributed by atoms with Gasteiger partial charge >= 0.3 is 5.97 Å². The molecule has 1 N–H and O–H groups in total. The van der Waals surface area contributed by atoms with Gasteiger partial charge in [0.25, 0.3) is 17.7 Å². The van der Waals surface area contributed by atoms with Gasteiger partial charge in [-0.25, -0.2) is 4.79 Å². The highest BCUT2D eigenvalue weighted by molar-refractivity contribution is 9.10. The van der Waals surface area contributed by atoms with Crippen molar-refractivity contribution >= 4 is 45.3 Å². The van der Waals surface area contributed by atoms with Crippen LogP contribution in [0.15, 0.2) is 71.2 Å². The third-order valence-corrected chi connectivity index (χ3v) is 6.49. The van der Waals surface area contributed by atoms with Crippen LogP contribution in [0.2, 0.25) is 0 Å². The first-order chi connectivity index (χ1) is 16.3. The Labute approximate surface area is 204 Å². The smallest absolute Gasteiger partial charge is 0.338 e. The van der Waals surface area contributed by atoms with Crippen molar-refractivity contribution in [3.63, 3.8) is 0 Å². The molecule has 0 saturated heterocycles. The maximum absolute atomic E-state index is 13.0. The molecule has 0 unspecified atom stereocenters. The number of esters is 1. The molecule has 0 bridgehead atoms. The van der Waals surface area contributed by atoms with Gasteiger partial charge in [-0.1, -0.05) is 46.3 Å². The van der Waals surface area contributed by atoms with Gasteiger partial charge in [-0.3, -0.25) is 19.3 Å². The molecule has 0 aliphatic carbocycles. The number of amides is 3. The van der Waals surface area contributed by atoms with E-state index in [1.807, 2.05) is 43.3 Å². The Morgan fingerprint density at radius 3 is 2.38 bits per heavy atom. The second-order valence-corrected chi connectivity index (χ2v) is 8.77. The molecule has 3 aromatic carbocycles. The van der Waals surface area contributed by atoms with Crippen LogP contribution in [0, 0.1) is 6.92 Å². The van der Waals surface area contributed by atoms with E-state index < -0.39 is 36.3 Å². The van der Waals surface area contributed by atoms with E-state index in [1.165, 1.54) is 23.1 Å². The molecule has 0 radical (unpaired) electrons. The van der Waals surface area contributed by atoms with Crippen molar-refractivity contribution in [1.29, 1.82) is 0 Å². The molecule has 172 valence electrons. The third kappa shape index (κ3) is 4.63. The highest BCUT2D eigenvalue weighted by Crippen LogP contribution is 2.31. The minimum Gasteiger partial charge on any atom is -0.452 e. The first kappa shape index (κ1) is 23.4. The molecule has 34 heavy (non-hydrogen) atoms. The van der Waals surface area contributed by atoms with Crippen molar-refractivity contribution in [2.45, 2.75) is 19.9 Å². The number of benzene rings is 3. The minimum absolute atomic E-state index is 0.0846. The lowest BCUT2D eigenvalue weighted by atomic mass is 10.1. The summed E-state index contributed by atoms with van der Waals surface area (Å²) in [5.74, 6) is -2.15. The average Bonchev–Trinajstić information content (AvgIpc) is 3.09. The lowest BCUT2D eigenvalue weighted by Gasteiger charge is -2.22. The molecule has 3 amide bonds. The molecule has 1 atom stereocenters. The summed E-state index contributed by atoms with van der Waals surface area (Å²) in [5, 5.41) is 2.66. The van der Waals surface area contributed by atoms with Gasteiger partial charge in [-0.15, -0.1) is 0 Å². The van der Waals surface area contributed by atoms with Crippen LogP contribution in [0.4, 0.5) is 5.69 Å². The summed E-state index contributed by atoms with van der Waals surface area (Å²) in [6.45, 7) is 3.17. The molecule has 1 aliphatic heterocycles. The van der Waals surface area contributed by atoms with Crippen LogP contribution in [0.3, 0.4) is 0 Å². The lowest BCUT2D eigenvalue weighted by Crippen LogP contribution is -2.32. The van der Waals surface area contributed by atoms with Crippen LogP contribution in [0.1, 0.15) is 55.2 Å². The number of nitrogens with one attached hydrogen (secondary N) is 1. The van der Waals surface area contributed by atoms with Gasteiger partial charge in [-0.05, 0) is 61.4 Å². The SMILES string of the molecule is Cc1cc(NC(=O)COC(=O)c2ccc3c(c2)C(=O)N([C@@H](C)c2ccccc2)C3=O)ccc1Br. The van der Waals surface area contributed by atoms with Gasteiger partial charge in [0.15, 0.2) is 6.61 Å². The number of ether oxygens (including phenoxy) is 1. The molecule has 3 aromatic rings. The Kier molecular flexibility index (Phi) is 6.61. The maximum atomic E-state index is 13.0. The first-order valence-electron chi connectivity index (χ1n) is 10.6. The number of rotatable bonds is 6. The van der Waals surface area contributed by atoms with Crippen LogP contribution in [0.25, 0.3) is 0 Å². The van der Waals surface area contributed by atoms with Crippen molar-refractivity contribution in [1.82, 2.24) is 4.90 Å². The van der Waals surface area contributed by atoms with Gasteiger partial charge in [-0.2, -0.15) is 0 Å². The predicted molar refractivity (Wildman–Crippen MR) is 130 cm³/mol. The van der Waals surface area contributed by atoms with Crippen LogP contribution in [-0.4, -0.2) is 35.2 Å². The number of imide groups is 1. The van der Waals surface area contributed by atoms with Crippen LogP contribution >= 0.6 is 15.9 Å². The lowest BCUT2D eigenvalue weighted by molar-refractivity contribution is -0.119. The standard InChI is InChI=1S/C26H21BrN2O5/c1-15-12-19(9-11-22(15)27)28-23(30)14-34-26(33)18-8-10-20-21(13-18)25(32)29(24(20)31)16(2)17-6-4-3-5-7-17/h3-13,16H,14H2,1-2H3,(H,28,30)/t16-/m0/s1. The molecule has 1 heterocycles. The number of hydrogen-bond donors (Lipinski definition) is 1. The normalized spacial score (nSPS) is 13.4. The summed E-state index contributed by atoms with van der Waals surface area (Å²) in [4.78, 5) is 51.7. The second kappa shape index (κ2) is 9.61. The molecule has 7 nitrogen and oxygen atoms in total. The summed E-state index contributed by atoms with van der Waals surface area (Å²) >= 11 is 3.39.